The lowest BCUT2D eigenvalue weighted by atomic mass is 10.3. The van der Waals surface area contributed by atoms with Crippen LogP contribution in [0, 0.1) is 0 Å². The molecule has 0 amide bonds. The number of ether oxygens (including phenoxy) is 1. The molecule has 0 aromatic heterocycles. The van der Waals surface area contributed by atoms with Crippen molar-refractivity contribution >= 4 is 33.2 Å². The summed E-state index contributed by atoms with van der Waals surface area (Å²) in [5, 5.41) is 3.98. The number of methoxy groups -OCH3 is 1. The minimum atomic E-state index is 0.733. The molecule has 0 saturated carbocycles. The Morgan fingerprint density at radius 2 is 2.29 bits per heavy atom. The quantitative estimate of drug-likeness (QED) is 0.832. The zero-order chi connectivity index (χ0) is 10.4. The van der Waals surface area contributed by atoms with Crippen LogP contribution < -0.4 is 5.32 Å². The van der Waals surface area contributed by atoms with Gasteiger partial charge >= 0.3 is 0 Å². The molecule has 1 N–H and O–H groups in total. The summed E-state index contributed by atoms with van der Waals surface area (Å²) in [6.45, 7) is 1.64. The average molecular weight is 279 g/mol. The van der Waals surface area contributed by atoms with E-state index in [0.29, 0.717) is 0 Å². The number of benzene rings is 1. The van der Waals surface area contributed by atoms with E-state index in [1.165, 1.54) is 0 Å². The topological polar surface area (TPSA) is 21.3 Å². The lowest BCUT2D eigenvalue weighted by Gasteiger charge is -2.07. The number of rotatable bonds is 5. The van der Waals surface area contributed by atoms with Gasteiger partial charge in [-0.3, -0.25) is 0 Å². The highest BCUT2D eigenvalue weighted by Gasteiger charge is 1.99. The van der Waals surface area contributed by atoms with Gasteiger partial charge in [0.2, 0.25) is 0 Å². The largest absolute Gasteiger partial charge is 0.385 e. The molecule has 78 valence electrons. The molecule has 0 bridgehead atoms. The molecule has 0 aliphatic rings. The number of hydrogen-bond donors (Lipinski definition) is 1. The van der Waals surface area contributed by atoms with E-state index in [1.807, 2.05) is 18.2 Å². The highest BCUT2D eigenvalue weighted by Crippen LogP contribution is 2.25. The maximum Gasteiger partial charge on any atom is 0.0648 e. The van der Waals surface area contributed by atoms with Crippen LogP contribution >= 0.6 is 27.5 Å². The zero-order valence-corrected chi connectivity index (χ0v) is 10.4. The average Bonchev–Trinajstić information content (AvgIpc) is 2.15. The molecular weight excluding hydrogens is 265 g/mol. The molecule has 0 unspecified atom stereocenters. The van der Waals surface area contributed by atoms with Gasteiger partial charge in [0.15, 0.2) is 0 Å². The molecule has 0 aliphatic carbocycles. The molecule has 0 spiro atoms. The van der Waals surface area contributed by atoms with Gasteiger partial charge < -0.3 is 10.1 Å². The molecule has 0 saturated heterocycles. The summed E-state index contributed by atoms with van der Waals surface area (Å²) >= 11 is 9.38. The van der Waals surface area contributed by atoms with Gasteiger partial charge in [0, 0.05) is 24.7 Å². The Labute approximate surface area is 97.7 Å². The molecule has 0 heterocycles. The van der Waals surface area contributed by atoms with Crippen LogP contribution in [0.2, 0.25) is 5.02 Å². The third-order valence-corrected chi connectivity index (χ3v) is 2.58. The number of nitrogens with one attached hydrogen (secondary N) is 1. The fourth-order valence-corrected chi connectivity index (χ4v) is 1.81. The molecule has 0 aliphatic heterocycles. The lowest BCUT2D eigenvalue weighted by molar-refractivity contribution is 0.198. The second-order valence-corrected chi connectivity index (χ2v) is 4.22. The Hall–Kier alpha value is -0.250. The highest BCUT2D eigenvalue weighted by molar-refractivity contribution is 9.10. The van der Waals surface area contributed by atoms with Crippen LogP contribution in [0.15, 0.2) is 22.7 Å². The maximum absolute atomic E-state index is 6.02. The smallest absolute Gasteiger partial charge is 0.0648 e. The summed E-state index contributed by atoms with van der Waals surface area (Å²) in [5.41, 5.74) is 0.964. The predicted molar refractivity (Wildman–Crippen MR) is 64.1 cm³/mol. The van der Waals surface area contributed by atoms with E-state index in [1.54, 1.807) is 7.11 Å². The standard InChI is InChI=1S/C10H13BrClNO/c1-14-6-2-5-13-10-4-3-8(11)7-9(10)12/h3-4,7,13H,2,5-6H2,1H3. The summed E-state index contributed by atoms with van der Waals surface area (Å²) in [6, 6.07) is 5.80. The molecule has 4 heteroatoms. The second kappa shape index (κ2) is 6.27. The van der Waals surface area contributed by atoms with Crippen molar-refractivity contribution in [3.05, 3.63) is 27.7 Å². The summed E-state index contributed by atoms with van der Waals surface area (Å²) < 4.78 is 5.94. The minimum absolute atomic E-state index is 0.733. The first kappa shape index (κ1) is 11.8. The Balaban J connectivity index is 2.42. The molecule has 1 aromatic carbocycles. The van der Waals surface area contributed by atoms with E-state index < -0.39 is 0 Å². The minimum Gasteiger partial charge on any atom is -0.385 e. The van der Waals surface area contributed by atoms with Crippen LogP contribution in [0.1, 0.15) is 6.42 Å². The van der Waals surface area contributed by atoms with Crippen molar-refractivity contribution in [2.24, 2.45) is 0 Å². The fraction of sp³-hybridized carbons (Fsp3) is 0.400. The summed E-state index contributed by atoms with van der Waals surface area (Å²) in [6.07, 6.45) is 0.975. The summed E-state index contributed by atoms with van der Waals surface area (Å²) in [7, 11) is 1.70. The first-order valence-electron chi connectivity index (χ1n) is 4.42. The fourth-order valence-electron chi connectivity index (χ4n) is 1.07. The van der Waals surface area contributed by atoms with Gasteiger partial charge in [-0.1, -0.05) is 27.5 Å². The van der Waals surface area contributed by atoms with Crippen LogP contribution in [0.4, 0.5) is 5.69 Å². The van der Waals surface area contributed by atoms with Crippen LogP contribution in [-0.4, -0.2) is 20.3 Å². The monoisotopic (exact) mass is 277 g/mol. The first-order chi connectivity index (χ1) is 6.74. The van der Waals surface area contributed by atoms with Gasteiger partial charge in [0.1, 0.15) is 0 Å². The van der Waals surface area contributed by atoms with Crippen LogP contribution in [0.3, 0.4) is 0 Å². The Bertz CT molecular complexity index is 293. The third kappa shape index (κ3) is 3.86. The van der Waals surface area contributed by atoms with Crippen LogP contribution in [0.25, 0.3) is 0 Å². The third-order valence-electron chi connectivity index (χ3n) is 1.77. The molecule has 14 heavy (non-hydrogen) atoms. The highest BCUT2D eigenvalue weighted by atomic mass is 79.9. The molecule has 0 fully saturated rings. The molecule has 2 nitrogen and oxygen atoms in total. The SMILES string of the molecule is COCCCNc1ccc(Br)cc1Cl. The van der Waals surface area contributed by atoms with Crippen molar-refractivity contribution in [1.29, 1.82) is 0 Å². The Morgan fingerprint density at radius 3 is 2.93 bits per heavy atom. The van der Waals surface area contributed by atoms with Crippen molar-refractivity contribution in [3.8, 4) is 0 Å². The van der Waals surface area contributed by atoms with Gasteiger partial charge in [0.25, 0.3) is 0 Å². The number of hydrogen-bond acceptors (Lipinski definition) is 2. The normalized spacial score (nSPS) is 10.2. The van der Waals surface area contributed by atoms with Crippen molar-refractivity contribution < 1.29 is 4.74 Å². The number of anilines is 1. The van der Waals surface area contributed by atoms with Crippen LogP contribution in [0.5, 0.6) is 0 Å². The molecule has 1 rings (SSSR count). The van der Waals surface area contributed by atoms with E-state index in [9.17, 15) is 0 Å². The van der Waals surface area contributed by atoms with Crippen molar-refractivity contribution in [3.63, 3.8) is 0 Å². The second-order valence-electron chi connectivity index (χ2n) is 2.90. The summed E-state index contributed by atoms with van der Waals surface area (Å²) in [4.78, 5) is 0. The van der Waals surface area contributed by atoms with Gasteiger partial charge in [-0.05, 0) is 24.6 Å². The van der Waals surface area contributed by atoms with E-state index in [2.05, 4.69) is 21.2 Å². The van der Waals surface area contributed by atoms with Gasteiger partial charge in [0.05, 0.1) is 10.7 Å². The zero-order valence-electron chi connectivity index (χ0n) is 8.02. The van der Waals surface area contributed by atoms with Gasteiger partial charge in [-0.2, -0.15) is 0 Å². The number of halogens is 2. The van der Waals surface area contributed by atoms with E-state index in [-0.39, 0.29) is 0 Å². The predicted octanol–water partition coefficient (Wildman–Crippen LogP) is 3.55. The van der Waals surface area contributed by atoms with Gasteiger partial charge in [-0.15, -0.1) is 0 Å². The van der Waals surface area contributed by atoms with E-state index in [4.69, 9.17) is 16.3 Å². The first-order valence-corrected chi connectivity index (χ1v) is 5.59. The Morgan fingerprint density at radius 1 is 1.50 bits per heavy atom. The molecular formula is C10H13BrClNO. The van der Waals surface area contributed by atoms with Gasteiger partial charge in [-0.25, -0.2) is 0 Å². The Kier molecular flexibility index (Phi) is 5.30. The molecule has 1 aromatic rings. The summed E-state index contributed by atoms with van der Waals surface area (Å²) in [5.74, 6) is 0. The lowest BCUT2D eigenvalue weighted by Crippen LogP contribution is -2.04. The molecule has 0 atom stereocenters. The van der Waals surface area contributed by atoms with Crippen LogP contribution in [-0.2, 0) is 4.74 Å². The maximum atomic E-state index is 6.02. The van der Waals surface area contributed by atoms with E-state index >= 15 is 0 Å². The van der Waals surface area contributed by atoms with E-state index in [0.717, 1.165) is 34.8 Å². The van der Waals surface area contributed by atoms with Crippen molar-refractivity contribution in [2.75, 3.05) is 25.6 Å². The van der Waals surface area contributed by atoms with Crippen molar-refractivity contribution in [1.82, 2.24) is 0 Å². The van der Waals surface area contributed by atoms with Crippen molar-refractivity contribution in [2.45, 2.75) is 6.42 Å². The molecule has 0 radical (unpaired) electrons.